The second kappa shape index (κ2) is 11.3. The molecule has 1 aliphatic carbocycles. The topological polar surface area (TPSA) is 134 Å². The number of hydrogen-bond acceptors (Lipinski definition) is 6. The van der Waals surface area contributed by atoms with E-state index in [1.807, 2.05) is 0 Å². The Morgan fingerprint density at radius 1 is 1.12 bits per heavy atom. The lowest BCUT2D eigenvalue weighted by Crippen LogP contribution is -2.51. The second-order valence-electron chi connectivity index (χ2n) is 11.2. The number of benzene rings is 2. The lowest BCUT2D eigenvalue weighted by atomic mass is 9.94. The van der Waals surface area contributed by atoms with E-state index in [1.165, 1.54) is 51.1 Å². The highest BCUT2D eigenvalue weighted by molar-refractivity contribution is 6.04. The zero-order valence-corrected chi connectivity index (χ0v) is 23.7. The van der Waals surface area contributed by atoms with E-state index in [9.17, 15) is 41.5 Å². The van der Waals surface area contributed by atoms with Crippen molar-refractivity contribution in [1.82, 2.24) is 15.5 Å². The summed E-state index contributed by atoms with van der Waals surface area (Å²) in [6.45, 7) is 4.58. The van der Waals surface area contributed by atoms with Gasteiger partial charge in [-0.15, -0.1) is 0 Å². The molecule has 0 saturated carbocycles. The van der Waals surface area contributed by atoms with Crippen LogP contribution in [-0.2, 0) is 36.1 Å². The van der Waals surface area contributed by atoms with Gasteiger partial charge in [-0.2, -0.15) is 13.2 Å². The molecule has 1 aliphatic heterocycles. The van der Waals surface area contributed by atoms with Crippen LogP contribution in [0.2, 0.25) is 0 Å². The van der Waals surface area contributed by atoms with Gasteiger partial charge in [-0.3, -0.25) is 24.5 Å². The molecule has 2 aromatic rings. The van der Waals surface area contributed by atoms with E-state index < -0.39 is 77.8 Å². The molecule has 43 heavy (non-hydrogen) atoms. The summed E-state index contributed by atoms with van der Waals surface area (Å²) in [5, 5.41) is 7.22. The van der Waals surface area contributed by atoms with Crippen LogP contribution in [0.3, 0.4) is 0 Å². The molecule has 230 valence electrons. The third kappa shape index (κ3) is 6.47. The number of fused-ring (bicyclic) bond motifs is 2. The summed E-state index contributed by atoms with van der Waals surface area (Å²) in [7, 11) is 0. The summed E-state index contributed by atoms with van der Waals surface area (Å²) in [6.07, 6.45) is -6.52. The molecular formula is C29H30F4N4O6. The lowest BCUT2D eigenvalue weighted by Gasteiger charge is -2.32. The summed E-state index contributed by atoms with van der Waals surface area (Å²) < 4.78 is 60.3. The quantitative estimate of drug-likeness (QED) is 0.389. The Hall–Kier alpha value is -4.49. The predicted octanol–water partition coefficient (Wildman–Crippen LogP) is 4.00. The van der Waals surface area contributed by atoms with Crippen molar-refractivity contribution in [3.8, 4) is 0 Å². The highest BCUT2D eigenvalue weighted by atomic mass is 19.4. The Bertz CT molecular complexity index is 1480. The van der Waals surface area contributed by atoms with Crippen LogP contribution in [0, 0.1) is 5.82 Å². The fraction of sp³-hybridized carbons (Fsp3) is 0.414. The van der Waals surface area contributed by atoms with E-state index in [0.717, 1.165) is 19.1 Å². The van der Waals surface area contributed by atoms with Gasteiger partial charge in [0.2, 0.25) is 23.3 Å². The van der Waals surface area contributed by atoms with E-state index in [1.54, 1.807) is 0 Å². The van der Waals surface area contributed by atoms with E-state index in [-0.39, 0.29) is 23.2 Å². The van der Waals surface area contributed by atoms with Crippen LogP contribution >= 0.6 is 0 Å². The van der Waals surface area contributed by atoms with Crippen molar-refractivity contribution in [2.24, 2.45) is 0 Å². The van der Waals surface area contributed by atoms with Crippen molar-refractivity contribution in [2.45, 2.75) is 76.4 Å². The molecule has 1 fully saturated rings. The second-order valence-corrected chi connectivity index (χ2v) is 11.2. The van der Waals surface area contributed by atoms with Crippen LogP contribution in [0.4, 0.5) is 28.0 Å². The fourth-order valence-corrected chi connectivity index (χ4v) is 5.35. The van der Waals surface area contributed by atoms with Crippen LogP contribution in [0.15, 0.2) is 42.5 Å². The van der Waals surface area contributed by atoms with Gasteiger partial charge in [0.1, 0.15) is 17.4 Å². The van der Waals surface area contributed by atoms with Crippen molar-refractivity contribution in [3.63, 3.8) is 0 Å². The third-order valence-electron chi connectivity index (χ3n) is 7.57. The van der Waals surface area contributed by atoms with Gasteiger partial charge >= 0.3 is 12.3 Å². The van der Waals surface area contributed by atoms with Gasteiger partial charge in [0, 0.05) is 37.6 Å². The first-order valence-corrected chi connectivity index (χ1v) is 13.3. The Morgan fingerprint density at radius 3 is 2.33 bits per heavy atom. The minimum Gasteiger partial charge on any atom is -0.427 e. The number of hydrogen-bond donors (Lipinski definition) is 3. The number of nitrogens with zero attached hydrogens (tertiary/aromatic N) is 1. The molecule has 4 rings (SSSR count). The summed E-state index contributed by atoms with van der Waals surface area (Å²) >= 11 is 0. The average molecular weight is 607 g/mol. The van der Waals surface area contributed by atoms with Crippen molar-refractivity contribution in [1.29, 1.82) is 0 Å². The zero-order chi connectivity index (χ0) is 31.9. The fourth-order valence-electron chi connectivity index (χ4n) is 5.35. The Morgan fingerprint density at radius 2 is 1.77 bits per heavy atom. The maximum atomic E-state index is 13.8. The molecular weight excluding hydrogens is 576 g/mol. The maximum Gasteiger partial charge on any atom is 0.415 e. The number of amides is 5. The molecule has 2 aromatic carbocycles. The standard InChI is InChI=1S/C29H30F4N4O6/c1-15(29(31,32)33)37(14-17-5-7-19(30)8-6-17)23(39)11-18-13-28(25(41)35-26(42)43-28)22-10-9-20(12-21(18)22)34-24(40)27(3,4)36-16(2)38/h5-10,12,15,18H,11,13-14H2,1-4H3,(H,34,40)(H,36,38)(H,35,41,42)/t15-,18?,28+/m0/s1. The Labute approximate surface area is 244 Å². The predicted molar refractivity (Wildman–Crippen MR) is 144 cm³/mol. The Kier molecular flexibility index (Phi) is 8.27. The average Bonchev–Trinajstić information content (AvgIpc) is 3.35. The molecule has 1 spiro atoms. The third-order valence-corrected chi connectivity index (χ3v) is 7.57. The maximum absolute atomic E-state index is 13.8. The molecule has 10 nitrogen and oxygen atoms in total. The molecule has 3 atom stereocenters. The summed E-state index contributed by atoms with van der Waals surface area (Å²) in [4.78, 5) is 63.5. The molecule has 3 N–H and O–H groups in total. The molecule has 5 amide bonds. The summed E-state index contributed by atoms with van der Waals surface area (Å²) in [6, 6.07) is 6.84. The minimum absolute atomic E-state index is 0.216. The minimum atomic E-state index is -4.77. The van der Waals surface area contributed by atoms with Crippen LogP contribution < -0.4 is 16.0 Å². The van der Waals surface area contributed by atoms with E-state index >= 15 is 0 Å². The molecule has 0 aromatic heterocycles. The van der Waals surface area contributed by atoms with Gasteiger partial charge in [-0.25, -0.2) is 9.18 Å². The van der Waals surface area contributed by atoms with E-state index in [4.69, 9.17) is 4.74 Å². The molecule has 0 radical (unpaired) electrons. The molecule has 0 bridgehead atoms. The first-order chi connectivity index (χ1) is 19.9. The van der Waals surface area contributed by atoms with Crippen LogP contribution in [-0.4, -0.2) is 52.4 Å². The lowest BCUT2D eigenvalue weighted by molar-refractivity contribution is -0.187. The SMILES string of the molecule is CC(=O)NC(C)(C)C(=O)Nc1ccc2c(c1)C(CC(=O)N(Cc1ccc(F)cc1)[C@@H](C)C(F)(F)F)C[C@@]21OC(=O)NC1=O. The summed E-state index contributed by atoms with van der Waals surface area (Å²) in [5.74, 6) is -4.21. The largest absolute Gasteiger partial charge is 0.427 e. The number of rotatable bonds is 8. The number of nitrogens with one attached hydrogen (secondary N) is 3. The van der Waals surface area contributed by atoms with Gasteiger partial charge in [0.15, 0.2) is 0 Å². The van der Waals surface area contributed by atoms with E-state index in [2.05, 4.69) is 16.0 Å². The molecule has 1 heterocycles. The number of ether oxygens (including phenoxy) is 1. The van der Waals surface area contributed by atoms with Crippen LogP contribution in [0.5, 0.6) is 0 Å². The number of carbonyl (C=O) groups excluding carboxylic acids is 5. The van der Waals surface area contributed by atoms with Crippen LogP contribution in [0.1, 0.15) is 63.1 Å². The van der Waals surface area contributed by atoms with Crippen molar-refractivity contribution < 1.29 is 46.3 Å². The number of carbonyl (C=O) groups is 5. The number of imide groups is 1. The summed E-state index contributed by atoms with van der Waals surface area (Å²) in [5.41, 5.74) is -2.10. The van der Waals surface area contributed by atoms with Gasteiger partial charge in [-0.05, 0) is 62.1 Å². The first kappa shape index (κ1) is 31.4. The van der Waals surface area contributed by atoms with Crippen molar-refractivity contribution in [3.05, 3.63) is 65.0 Å². The number of alkyl carbamates (subject to hydrolysis) is 1. The van der Waals surface area contributed by atoms with E-state index in [0.29, 0.717) is 10.5 Å². The van der Waals surface area contributed by atoms with Crippen molar-refractivity contribution >= 4 is 35.4 Å². The molecule has 14 heteroatoms. The van der Waals surface area contributed by atoms with Gasteiger partial charge in [-0.1, -0.05) is 18.2 Å². The smallest absolute Gasteiger partial charge is 0.415 e. The van der Waals surface area contributed by atoms with Gasteiger partial charge in [0.25, 0.3) is 5.91 Å². The molecule has 1 unspecified atom stereocenters. The number of alkyl halides is 3. The highest BCUT2D eigenvalue weighted by Gasteiger charge is 2.57. The number of halogens is 4. The highest BCUT2D eigenvalue weighted by Crippen LogP contribution is 2.51. The first-order valence-electron chi connectivity index (χ1n) is 13.3. The zero-order valence-electron chi connectivity index (χ0n) is 23.7. The Balaban J connectivity index is 1.68. The van der Waals surface area contributed by atoms with Gasteiger partial charge in [0.05, 0.1) is 0 Å². The normalized spacial score (nSPS) is 20.2. The van der Waals surface area contributed by atoms with Gasteiger partial charge < -0.3 is 20.3 Å². The molecule has 2 aliphatic rings. The van der Waals surface area contributed by atoms with Crippen LogP contribution in [0.25, 0.3) is 0 Å². The number of anilines is 1. The monoisotopic (exact) mass is 606 g/mol. The van der Waals surface area contributed by atoms with Crippen molar-refractivity contribution in [2.75, 3.05) is 5.32 Å². The molecule has 1 saturated heterocycles.